The lowest BCUT2D eigenvalue weighted by Gasteiger charge is -2.36. The van der Waals surface area contributed by atoms with Crippen LogP contribution in [0.15, 0.2) is 54.9 Å². The maximum Gasteiger partial charge on any atom is 0.416 e. The number of rotatable bonds is 3. The molecule has 5 nitrogen and oxygen atoms in total. The zero-order valence-electron chi connectivity index (χ0n) is 17.4. The topological polar surface area (TPSA) is 49.3 Å². The van der Waals surface area contributed by atoms with E-state index in [1.54, 1.807) is 17.3 Å². The van der Waals surface area contributed by atoms with E-state index in [2.05, 4.69) is 20.9 Å². The Hall–Kier alpha value is -3.00. The number of halogens is 3. The van der Waals surface area contributed by atoms with Gasteiger partial charge in [-0.15, -0.1) is 0 Å². The van der Waals surface area contributed by atoms with Crippen molar-refractivity contribution < 1.29 is 18.0 Å². The van der Waals surface area contributed by atoms with Crippen molar-refractivity contribution in [3.63, 3.8) is 0 Å². The number of nitrogens with zero attached hydrogens (tertiary/aromatic N) is 4. The molecule has 2 aliphatic heterocycles. The molecule has 2 saturated heterocycles. The Balaban J connectivity index is 1.32. The fourth-order valence-electron chi connectivity index (χ4n) is 4.99. The minimum Gasteiger partial charge on any atom is -0.337 e. The van der Waals surface area contributed by atoms with E-state index in [1.165, 1.54) is 12.1 Å². The molecule has 0 N–H and O–H groups in total. The molecule has 1 aromatic heterocycles. The van der Waals surface area contributed by atoms with E-state index in [0.29, 0.717) is 19.0 Å². The van der Waals surface area contributed by atoms with E-state index < -0.39 is 11.7 Å². The van der Waals surface area contributed by atoms with Gasteiger partial charge in [0.25, 0.3) is 5.91 Å². The molecule has 0 radical (unpaired) electrons. The number of fused-ring (bicyclic) bond motifs is 2. The summed E-state index contributed by atoms with van der Waals surface area (Å²) in [4.78, 5) is 25.8. The van der Waals surface area contributed by atoms with E-state index in [1.807, 2.05) is 12.1 Å². The molecule has 0 bridgehead atoms. The van der Waals surface area contributed by atoms with Gasteiger partial charge in [0.05, 0.1) is 16.6 Å². The summed E-state index contributed by atoms with van der Waals surface area (Å²) in [5.74, 6) is 0.00479. The van der Waals surface area contributed by atoms with Crippen molar-refractivity contribution in [2.75, 3.05) is 19.6 Å². The molecule has 2 aliphatic rings. The van der Waals surface area contributed by atoms with Gasteiger partial charge < -0.3 is 4.90 Å². The van der Waals surface area contributed by atoms with Gasteiger partial charge in [-0.05, 0) is 61.2 Å². The molecule has 3 aromatic rings. The molecule has 1 amide bonds. The van der Waals surface area contributed by atoms with Crippen molar-refractivity contribution in [3.05, 3.63) is 71.5 Å². The molecule has 0 unspecified atom stereocenters. The molecule has 0 spiro atoms. The molecule has 8 heteroatoms. The molecule has 2 fully saturated rings. The van der Waals surface area contributed by atoms with Gasteiger partial charge >= 0.3 is 6.18 Å². The summed E-state index contributed by atoms with van der Waals surface area (Å²) < 4.78 is 39.2. The molecule has 2 atom stereocenters. The highest BCUT2D eigenvalue weighted by Gasteiger charge is 2.41. The molecule has 3 heterocycles. The van der Waals surface area contributed by atoms with E-state index in [0.717, 1.165) is 54.7 Å². The average Bonchev–Trinajstić information content (AvgIpc) is 3.23. The summed E-state index contributed by atoms with van der Waals surface area (Å²) >= 11 is 0. The second kappa shape index (κ2) is 8.16. The number of carbonyl (C=O) groups excluding carboxylic acids is 1. The van der Waals surface area contributed by atoms with Crippen molar-refractivity contribution in [2.24, 2.45) is 5.92 Å². The Morgan fingerprint density at radius 2 is 1.84 bits per heavy atom. The number of piperidine rings is 1. The van der Waals surface area contributed by atoms with Crippen LogP contribution in [0.3, 0.4) is 0 Å². The highest BCUT2D eigenvalue weighted by atomic mass is 19.4. The molecular formula is C24H23F3N4O. The minimum absolute atomic E-state index is 0.0955. The van der Waals surface area contributed by atoms with Crippen molar-refractivity contribution >= 4 is 16.9 Å². The molecule has 166 valence electrons. The summed E-state index contributed by atoms with van der Waals surface area (Å²) in [6.07, 6.45) is 0.955. The van der Waals surface area contributed by atoms with Crippen LogP contribution in [0.1, 0.15) is 34.3 Å². The fraction of sp³-hybridized carbons (Fsp3) is 0.375. The number of carbonyl (C=O) groups is 1. The van der Waals surface area contributed by atoms with Crippen molar-refractivity contribution in [1.82, 2.24) is 19.8 Å². The SMILES string of the molecule is O=C(c1cccc(C(F)(F)F)c1)N1C[C@H]2CCCN(Cc3ccc4nccnc4c3)[C@H]2C1. The smallest absolute Gasteiger partial charge is 0.337 e. The van der Waals surface area contributed by atoms with Gasteiger partial charge in [-0.3, -0.25) is 19.7 Å². The Morgan fingerprint density at radius 3 is 2.66 bits per heavy atom. The lowest BCUT2D eigenvalue weighted by Crippen LogP contribution is -2.44. The summed E-state index contributed by atoms with van der Waals surface area (Å²) in [5.41, 5.74) is 2.15. The number of likely N-dealkylation sites (tertiary alicyclic amines) is 2. The van der Waals surface area contributed by atoms with E-state index >= 15 is 0 Å². The molecule has 2 aromatic carbocycles. The predicted octanol–water partition coefficient (Wildman–Crippen LogP) is 4.39. The van der Waals surface area contributed by atoms with Gasteiger partial charge in [-0.1, -0.05) is 12.1 Å². The number of alkyl halides is 3. The largest absolute Gasteiger partial charge is 0.416 e. The third-order valence-corrected chi connectivity index (χ3v) is 6.54. The number of hydrogen-bond acceptors (Lipinski definition) is 4. The summed E-state index contributed by atoms with van der Waals surface area (Å²) in [7, 11) is 0. The zero-order valence-corrected chi connectivity index (χ0v) is 17.4. The lowest BCUT2D eigenvalue weighted by molar-refractivity contribution is -0.137. The summed E-state index contributed by atoms with van der Waals surface area (Å²) in [6, 6.07) is 11.0. The van der Waals surface area contributed by atoms with Crippen LogP contribution in [-0.4, -0.2) is 51.4 Å². The lowest BCUT2D eigenvalue weighted by atomic mass is 9.91. The van der Waals surface area contributed by atoms with Crippen LogP contribution in [0.4, 0.5) is 13.2 Å². The number of amides is 1. The van der Waals surface area contributed by atoms with Crippen LogP contribution in [0.2, 0.25) is 0 Å². The fourth-order valence-corrected chi connectivity index (χ4v) is 4.99. The molecule has 0 aliphatic carbocycles. The maximum atomic E-state index is 13.1. The highest BCUT2D eigenvalue weighted by Crippen LogP contribution is 2.34. The van der Waals surface area contributed by atoms with Crippen LogP contribution in [0.5, 0.6) is 0 Å². The number of aromatic nitrogens is 2. The Bertz CT molecular complexity index is 1150. The van der Waals surface area contributed by atoms with Gasteiger partial charge in [-0.2, -0.15) is 13.2 Å². The van der Waals surface area contributed by atoms with Gasteiger partial charge in [0, 0.05) is 43.6 Å². The third kappa shape index (κ3) is 4.07. The van der Waals surface area contributed by atoms with Crippen molar-refractivity contribution in [3.8, 4) is 0 Å². The second-order valence-corrected chi connectivity index (χ2v) is 8.61. The predicted molar refractivity (Wildman–Crippen MR) is 114 cm³/mol. The Morgan fingerprint density at radius 1 is 1.03 bits per heavy atom. The van der Waals surface area contributed by atoms with Crippen LogP contribution in [0, 0.1) is 5.92 Å². The van der Waals surface area contributed by atoms with Crippen molar-refractivity contribution in [2.45, 2.75) is 31.6 Å². The molecule has 32 heavy (non-hydrogen) atoms. The first-order valence-corrected chi connectivity index (χ1v) is 10.8. The van der Waals surface area contributed by atoms with Crippen LogP contribution in [-0.2, 0) is 12.7 Å². The van der Waals surface area contributed by atoms with Gasteiger partial charge in [0.15, 0.2) is 0 Å². The molecular weight excluding hydrogens is 417 g/mol. The Kier molecular flexibility index (Phi) is 5.33. The van der Waals surface area contributed by atoms with Crippen LogP contribution >= 0.6 is 0 Å². The first kappa shape index (κ1) is 20.9. The summed E-state index contributed by atoms with van der Waals surface area (Å²) in [5, 5.41) is 0. The first-order chi connectivity index (χ1) is 15.4. The van der Waals surface area contributed by atoms with Crippen LogP contribution in [0.25, 0.3) is 11.0 Å². The average molecular weight is 440 g/mol. The minimum atomic E-state index is -4.46. The second-order valence-electron chi connectivity index (χ2n) is 8.61. The molecule has 0 saturated carbocycles. The first-order valence-electron chi connectivity index (χ1n) is 10.8. The van der Waals surface area contributed by atoms with E-state index in [9.17, 15) is 18.0 Å². The third-order valence-electron chi connectivity index (χ3n) is 6.54. The standard InChI is InChI=1S/C24H23F3N4O/c25-24(26,27)19-5-1-3-17(12-19)23(32)31-14-18-4-2-10-30(22(18)15-31)13-16-6-7-20-21(11-16)29-9-8-28-20/h1,3,5-9,11-12,18,22H,2,4,10,13-15H2/t18-,22+/m1/s1. The van der Waals surface area contributed by atoms with Gasteiger partial charge in [0.1, 0.15) is 0 Å². The monoisotopic (exact) mass is 440 g/mol. The van der Waals surface area contributed by atoms with Gasteiger partial charge in [0.2, 0.25) is 0 Å². The Labute approximate surface area is 183 Å². The number of hydrogen-bond donors (Lipinski definition) is 0. The summed E-state index contributed by atoms with van der Waals surface area (Å²) in [6.45, 7) is 2.80. The van der Waals surface area contributed by atoms with Crippen molar-refractivity contribution in [1.29, 1.82) is 0 Å². The number of benzene rings is 2. The molecule has 5 rings (SSSR count). The quantitative estimate of drug-likeness (QED) is 0.606. The van der Waals surface area contributed by atoms with E-state index in [4.69, 9.17) is 0 Å². The van der Waals surface area contributed by atoms with Gasteiger partial charge in [-0.25, -0.2) is 0 Å². The normalized spacial score (nSPS) is 21.7. The maximum absolute atomic E-state index is 13.1. The van der Waals surface area contributed by atoms with Crippen LogP contribution < -0.4 is 0 Å². The zero-order chi connectivity index (χ0) is 22.3. The highest BCUT2D eigenvalue weighted by molar-refractivity contribution is 5.94. The van der Waals surface area contributed by atoms with E-state index in [-0.39, 0.29) is 17.5 Å².